The highest BCUT2D eigenvalue weighted by Crippen LogP contribution is 2.08. The lowest BCUT2D eigenvalue weighted by Gasteiger charge is -2.08. The zero-order chi connectivity index (χ0) is 14.3. The smallest absolute Gasteiger partial charge is 0.265 e. The summed E-state index contributed by atoms with van der Waals surface area (Å²) in [5.41, 5.74) is 0. The van der Waals surface area contributed by atoms with Crippen molar-refractivity contribution in [3.05, 3.63) is 0 Å². The lowest BCUT2D eigenvalue weighted by Crippen LogP contribution is -2.25. The molecule has 0 aromatic rings. The van der Waals surface area contributed by atoms with Gasteiger partial charge in [-0.1, -0.05) is 43.7 Å². The van der Waals surface area contributed by atoms with Crippen molar-refractivity contribution in [1.29, 1.82) is 0 Å². The molecular weight excluding hydrogens is 242 g/mol. The van der Waals surface area contributed by atoms with Crippen LogP contribution in [0.2, 0.25) is 0 Å². The first-order valence-corrected chi connectivity index (χ1v) is 7.27. The molecule has 2 N–H and O–H groups in total. The van der Waals surface area contributed by atoms with Crippen molar-refractivity contribution < 1.29 is 10.0 Å². The summed E-state index contributed by atoms with van der Waals surface area (Å²) in [4.78, 5) is 13.1. The molecule has 0 heterocycles. The fraction of sp³-hybridized carbons (Fsp3) is 0.857. The molecule has 0 aromatic carbocycles. The van der Waals surface area contributed by atoms with Gasteiger partial charge < -0.3 is 15.4 Å². The van der Waals surface area contributed by atoms with Gasteiger partial charge in [0.1, 0.15) is 6.21 Å². The molecule has 0 aliphatic heterocycles. The van der Waals surface area contributed by atoms with E-state index in [1.807, 2.05) is 0 Å². The highest BCUT2D eigenvalue weighted by atomic mass is 16.4. The second-order valence-corrected chi connectivity index (χ2v) is 5.17. The molecule has 0 saturated heterocycles. The molecule has 0 fully saturated rings. The summed E-state index contributed by atoms with van der Waals surface area (Å²) in [5, 5.41) is 13.5. The van der Waals surface area contributed by atoms with Crippen LogP contribution < -0.4 is 5.32 Å². The van der Waals surface area contributed by atoms with Crippen molar-refractivity contribution in [3.8, 4) is 0 Å². The SMILES string of the molecule is CN(C)CCCCCCCCCCNC(=O)/C=N\O. The van der Waals surface area contributed by atoms with E-state index in [2.05, 4.69) is 29.5 Å². The summed E-state index contributed by atoms with van der Waals surface area (Å²) in [7, 11) is 4.23. The Hall–Kier alpha value is -1.10. The first-order chi connectivity index (χ1) is 9.16. The number of amides is 1. The van der Waals surface area contributed by atoms with Gasteiger partial charge in [0.15, 0.2) is 0 Å². The summed E-state index contributed by atoms with van der Waals surface area (Å²) in [6.45, 7) is 1.85. The van der Waals surface area contributed by atoms with E-state index in [0.29, 0.717) is 6.54 Å². The van der Waals surface area contributed by atoms with Gasteiger partial charge in [0.25, 0.3) is 5.91 Å². The molecule has 1 amide bonds. The van der Waals surface area contributed by atoms with Crippen LogP contribution in [0, 0.1) is 0 Å². The van der Waals surface area contributed by atoms with Gasteiger partial charge in [-0.25, -0.2) is 0 Å². The molecule has 5 heteroatoms. The van der Waals surface area contributed by atoms with Gasteiger partial charge >= 0.3 is 0 Å². The largest absolute Gasteiger partial charge is 0.411 e. The van der Waals surface area contributed by atoms with Crippen molar-refractivity contribution >= 4 is 12.1 Å². The Balaban J connectivity index is 3.09. The van der Waals surface area contributed by atoms with Crippen molar-refractivity contribution in [2.75, 3.05) is 27.2 Å². The van der Waals surface area contributed by atoms with Crippen LogP contribution in [-0.4, -0.2) is 49.4 Å². The van der Waals surface area contributed by atoms with Crippen LogP contribution in [0.3, 0.4) is 0 Å². The number of unbranched alkanes of at least 4 members (excludes halogenated alkanes) is 7. The number of nitrogens with zero attached hydrogens (tertiary/aromatic N) is 2. The van der Waals surface area contributed by atoms with E-state index in [0.717, 1.165) is 19.1 Å². The van der Waals surface area contributed by atoms with Gasteiger partial charge in [-0.05, 0) is 33.5 Å². The van der Waals surface area contributed by atoms with Crippen LogP contribution in [0.15, 0.2) is 5.16 Å². The Bertz CT molecular complexity index is 243. The molecule has 0 saturated carbocycles. The summed E-state index contributed by atoms with van der Waals surface area (Å²) in [6.07, 6.45) is 10.8. The molecule has 0 aliphatic carbocycles. The average Bonchev–Trinajstić information content (AvgIpc) is 2.36. The molecule has 5 nitrogen and oxygen atoms in total. The van der Waals surface area contributed by atoms with Crippen molar-refractivity contribution in [2.24, 2.45) is 5.16 Å². The highest BCUT2D eigenvalue weighted by molar-refractivity contribution is 6.25. The predicted octanol–water partition coefficient (Wildman–Crippen LogP) is 2.25. The minimum Gasteiger partial charge on any atom is -0.411 e. The average molecular weight is 271 g/mol. The molecule has 112 valence electrons. The second-order valence-electron chi connectivity index (χ2n) is 5.17. The molecule has 19 heavy (non-hydrogen) atoms. The fourth-order valence-electron chi connectivity index (χ4n) is 1.92. The third-order valence-electron chi connectivity index (χ3n) is 3.01. The van der Waals surface area contributed by atoms with Crippen molar-refractivity contribution in [3.63, 3.8) is 0 Å². The third kappa shape index (κ3) is 14.8. The standard InChI is InChI=1S/C14H29N3O2/c1-17(2)12-10-8-6-4-3-5-7-9-11-15-14(18)13-16-19/h13,19H,3-12H2,1-2H3,(H,15,18)/b16-13-. The molecule has 0 spiro atoms. The Kier molecular flexibility index (Phi) is 12.6. The van der Waals surface area contributed by atoms with Crippen LogP contribution in [0.4, 0.5) is 0 Å². The maximum absolute atomic E-state index is 10.9. The lowest BCUT2D eigenvalue weighted by atomic mass is 10.1. The van der Waals surface area contributed by atoms with E-state index in [1.165, 1.54) is 45.1 Å². The van der Waals surface area contributed by atoms with Gasteiger partial charge in [-0.3, -0.25) is 4.79 Å². The van der Waals surface area contributed by atoms with Gasteiger partial charge in [0.05, 0.1) is 0 Å². The van der Waals surface area contributed by atoms with E-state index < -0.39 is 0 Å². The number of carbonyl (C=O) groups excluding carboxylic acids is 1. The Morgan fingerprint density at radius 1 is 1.05 bits per heavy atom. The number of hydrogen-bond donors (Lipinski definition) is 2. The predicted molar refractivity (Wildman–Crippen MR) is 78.8 cm³/mol. The quantitative estimate of drug-likeness (QED) is 0.248. The first kappa shape index (κ1) is 17.9. The second kappa shape index (κ2) is 13.3. The van der Waals surface area contributed by atoms with Gasteiger partial charge in [0.2, 0.25) is 0 Å². The Morgan fingerprint density at radius 2 is 1.58 bits per heavy atom. The van der Waals surface area contributed by atoms with E-state index in [-0.39, 0.29) is 5.91 Å². The van der Waals surface area contributed by atoms with Crippen LogP contribution >= 0.6 is 0 Å². The van der Waals surface area contributed by atoms with Gasteiger partial charge in [-0.15, -0.1) is 0 Å². The van der Waals surface area contributed by atoms with Gasteiger partial charge in [0, 0.05) is 6.54 Å². The zero-order valence-corrected chi connectivity index (χ0v) is 12.4. The number of nitrogens with one attached hydrogen (secondary N) is 1. The third-order valence-corrected chi connectivity index (χ3v) is 3.01. The highest BCUT2D eigenvalue weighted by Gasteiger charge is 1.96. The number of hydrogen-bond acceptors (Lipinski definition) is 4. The summed E-state index contributed by atoms with van der Waals surface area (Å²) < 4.78 is 0. The van der Waals surface area contributed by atoms with Crippen LogP contribution in [0.5, 0.6) is 0 Å². The van der Waals surface area contributed by atoms with E-state index >= 15 is 0 Å². The Morgan fingerprint density at radius 3 is 2.11 bits per heavy atom. The molecular formula is C14H29N3O2. The van der Waals surface area contributed by atoms with E-state index in [1.54, 1.807) is 0 Å². The molecule has 0 aliphatic rings. The molecule has 0 radical (unpaired) electrons. The monoisotopic (exact) mass is 271 g/mol. The number of rotatable bonds is 12. The molecule has 0 atom stereocenters. The summed E-state index contributed by atoms with van der Waals surface area (Å²) in [5.74, 6) is -0.330. The normalized spacial score (nSPS) is 11.3. The zero-order valence-electron chi connectivity index (χ0n) is 12.4. The molecule has 0 rings (SSSR count). The maximum Gasteiger partial charge on any atom is 0.265 e. The summed E-state index contributed by atoms with van der Waals surface area (Å²) in [6, 6.07) is 0. The number of oxime groups is 1. The summed E-state index contributed by atoms with van der Waals surface area (Å²) >= 11 is 0. The van der Waals surface area contributed by atoms with E-state index in [9.17, 15) is 4.79 Å². The first-order valence-electron chi connectivity index (χ1n) is 7.27. The minimum atomic E-state index is -0.330. The maximum atomic E-state index is 10.9. The lowest BCUT2D eigenvalue weighted by molar-refractivity contribution is -0.114. The van der Waals surface area contributed by atoms with E-state index in [4.69, 9.17) is 5.21 Å². The van der Waals surface area contributed by atoms with Crippen LogP contribution in [-0.2, 0) is 4.79 Å². The minimum absolute atomic E-state index is 0.330. The molecule has 0 aromatic heterocycles. The Labute approximate surface area is 117 Å². The number of carbonyl (C=O) groups is 1. The van der Waals surface area contributed by atoms with Crippen LogP contribution in [0.1, 0.15) is 51.4 Å². The fourth-order valence-corrected chi connectivity index (χ4v) is 1.92. The van der Waals surface area contributed by atoms with Crippen molar-refractivity contribution in [1.82, 2.24) is 10.2 Å². The van der Waals surface area contributed by atoms with Crippen LogP contribution in [0.25, 0.3) is 0 Å². The van der Waals surface area contributed by atoms with Gasteiger partial charge in [-0.2, -0.15) is 0 Å². The topological polar surface area (TPSA) is 64.9 Å². The molecule has 0 unspecified atom stereocenters. The van der Waals surface area contributed by atoms with Crippen molar-refractivity contribution in [2.45, 2.75) is 51.4 Å². The molecule has 0 bridgehead atoms.